The molecular weight excluding hydrogens is 332 g/mol. The summed E-state index contributed by atoms with van der Waals surface area (Å²) in [6.45, 7) is -0.380. The molecule has 0 radical (unpaired) electrons. The van der Waals surface area contributed by atoms with Crippen LogP contribution in [0.4, 0.5) is 5.82 Å². The number of nitrogens with two attached hydrogens (primary N) is 1. The Morgan fingerprint density at radius 1 is 1.59 bits per heavy atom. The van der Waals surface area contributed by atoms with Crippen LogP contribution in [0.5, 0.6) is 0 Å². The minimum atomic E-state index is -4.44. The first-order chi connectivity index (χ1) is 9.63. The molecule has 1 aromatic heterocycles. The average Bonchev–Trinajstić information content (AvgIpc) is 2.63. The second-order valence-electron chi connectivity index (χ2n) is 4.42. The van der Waals surface area contributed by atoms with Crippen LogP contribution in [0.15, 0.2) is 17.1 Å². The van der Waals surface area contributed by atoms with E-state index in [2.05, 4.69) is 4.98 Å². The summed E-state index contributed by atoms with van der Waals surface area (Å²) >= 11 is 0. The fourth-order valence-electron chi connectivity index (χ4n) is 1.83. The van der Waals surface area contributed by atoms with E-state index in [4.69, 9.17) is 25.0 Å². The fourth-order valence-corrected chi connectivity index (χ4v) is 2.21. The monoisotopic (exact) mass is 347 g/mol. The van der Waals surface area contributed by atoms with E-state index >= 15 is 0 Å². The Morgan fingerprint density at radius 3 is 2.77 bits per heavy atom. The summed E-state index contributed by atoms with van der Waals surface area (Å²) in [5.41, 5.74) is 4.34. The van der Waals surface area contributed by atoms with Crippen LogP contribution < -0.4 is 11.4 Å². The number of anilines is 1. The van der Waals surface area contributed by atoms with Gasteiger partial charge < -0.3 is 35.2 Å². The molecule has 0 saturated carbocycles. The van der Waals surface area contributed by atoms with Crippen molar-refractivity contribution in [3.8, 4) is 0 Å². The summed E-state index contributed by atoms with van der Waals surface area (Å²) in [4.78, 5) is 32.5. The van der Waals surface area contributed by atoms with Gasteiger partial charge >= 0.3 is 42.8 Å². The van der Waals surface area contributed by atoms with Crippen LogP contribution in [0.3, 0.4) is 0 Å². The third-order valence-electron chi connectivity index (χ3n) is 2.82. The summed E-state index contributed by atoms with van der Waals surface area (Å²) < 4.78 is 21.1. The van der Waals surface area contributed by atoms with Gasteiger partial charge in [0.1, 0.15) is 18.3 Å². The molecule has 2 heterocycles. The Morgan fingerprint density at radius 2 is 2.23 bits per heavy atom. The molecule has 0 aliphatic carbocycles. The number of nitrogen functional groups attached to an aromatic ring is 1. The molecule has 1 aromatic rings. The second-order valence-corrected chi connectivity index (χ2v) is 6.01. The number of ether oxygens (including phenoxy) is 2. The molecule has 13 heteroatoms. The van der Waals surface area contributed by atoms with E-state index in [9.17, 15) is 19.6 Å². The molecule has 120 valence electrons. The van der Waals surface area contributed by atoms with Crippen molar-refractivity contribution in [2.75, 3.05) is 18.7 Å². The molecule has 1 saturated heterocycles. The maximum atomic E-state index is 11.7. The van der Waals surface area contributed by atoms with Crippen LogP contribution in [0.1, 0.15) is 0 Å². The summed E-state index contributed by atoms with van der Waals surface area (Å²) in [5, 5.41) is 20.2. The Balaban J connectivity index is 0.00000242. The molecule has 6 N–H and O–H groups in total. The first-order valence-corrected chi connectivity index (χ1v) is 7.49. The van der Waals surface area contributed by atoms with Crippen LogP contribution in [0, 0.1) is 0 Å². The second kappa shape index (κ2) is 7.05. The molecule has 0 amide bonds. The number of hydrogen-bond acceptors (Lipinski definition) is 8. The fraction of sp³-hybridized carbons (Fsp3) is 0.556. The van der Waals surface area contributed by atoms with Crippen LogP contribution >= 0.6 is 7.60 Å². The Labute approximate surface area is 146 Å². The van der Waals surface area contributed by atoms with E-state index in [1.54, 1.807) is 0 Å². The molecule has 0 bridgehead atoms. The van der Waals surface area contributed by atoms with Gasteiger partial charge in [0.15, 0.2) is 6.10 Å². The van der Waals surface area contributed by atoms with Crippen molar-refractivity contribution >= 4 is 43.0 Å². The van der Waals surface area contributed by atoms with E-state index < -0.39 is 37.8 Å². The van der Waals surface area contributed by atoms with Gasteiger partial charge in [0, 0.05) is 6.20 Å². The first kappa shape index (κ1) is 19.7. The van der Waals surface area contributed by atoms with Crippen molar-refractivity contribution in [3.05, 3.63) is 22.7 Å². The molecule has 0 unspecified atom stereocenters. The molecular formula is C9H15N3NaO8P. The number of hydrogen-bond donors (Lipinski definition) is 5. The van der Waals surface area contributed by atoms with Gasteiger partial charge in [0.2, 0.25) is 0 Å². The standard InChI is InChI=1S/C9H14N3O8P.Na.H/c10-6-1-2-12(8(14)11-6)9(15)7(13)5(3-20-9)19-4-21(16,17)18;;/h1-2,5,7,13,15H,3-4H2,(H2,10,11,14)(H2,16,17,18);;/t5-,7+,9-;;/m1../s1. The molecule has 1 aliphatic heterocycles. The normalized spacial score (nSPS) is 28.4. The van der Waals surface area contributed by atoms with Gasteiger partial charge in [0.05, 0.1) is 6.61 Å². The molecule has 1 aliphatic rings. The van der Waals surface area contributed by atoms with Gasteiger partial charge in [-0.3, -0.25) is 4.57 Å². The van der Waals surface area contributed by atoms with Gasteiger partial charge in [-0.2, -0.15) is 4.98 Å². The van der Waals surface area contributed by atoms with Crippen molar-refractivity contribution in [1.82, 2.24) is 9.55 Å². The van der Waals surface area contributed by atoms with E-state index in [-0.39, 0.29) is 42.0 Å². The SMILES string of the molecule is Nc1ccn([C@]2(O)OC[C@@H](OCP(=O)(O)O)[C@@H]2O)c(=O)n1.[NaH]. The molecule has 22 heavy (non-hydrogen) atoms. The summed E-state index contributed by atoms with van der Waals surface area (Å²) in [7, 11) is -4.44. The predicted octanol–water partition coefficient (Wildman–Crippen LogP) is -3.31. The quantitative estimate of drug-likeness (QED) is 0.274. The third kappa shape index (κ3) is 4.15. The van der Waals surface area contributed by atoms with Crippen molar-refractivity contribution in [3.63, 3.8) is 0 Å². The van der Waals surface area contributed by atoms with Crippen LogP contribution in [-0.4, -0.2) is 84.3 Å². The predicted molar refractivity (Wildman–Crippen MR) is 74.0 cm³/mol. The van der Waals surface area contributed by atoms with E-state index in [1.165, 1.54) is 6.07 Å². The third-order valence-corrected chi connectivity index (χ3v) is 3.31. The molecule has 11 nitrogen and oxygen atoms in total. The molecule has 0 aromatic carbocycles. The van der Waals surface area contributed by atoms with Gasteiger partial charge in [-0.25, -0.2) is 9.36 Å². The molecule has 3 atom stereocenters. The number of nitrogens with zero attached hydrogens (tertiary/aromatic N) is 2. The Bertz CT molecular complexity index is 636. The number of aliphatic hydroxyl groups is 2. The zero-order valence-electron chi connectivity index (χ0n) is 10.6. The van der Waals surface area contributed by atoms with Crippen LogP contribution in [0.25, 0.3) is 0 Å². The van der Waals surface area contributed by atoms with E-state index in [0.717, 1.165) is 6.20 Å². The van der Waals surface area contributed by atoms with Crippen molar-refractivity contribution < 1.29 is 34.0 Å². The van der Waals surface area contributed by atoms with Crippen molar-refractivity contribution in [1.29, 1.82) is 0 Å². The number of aliphatic hydroxyl groups excluding tert-OH is 1. The molecule has 1 fully saturated rings. The summed E-state index contributed by atoms with van der Waals surface area (Å²) in [5.74, 6) is -2.54. The van der Waals surface area contributed by atoms with Crippen LogP contribution in [0.2, 0.25) is 0 Å². The zero-order chi connectivity index (χ0) is 15.8. The molecule has 2 rings (SSSR count). The topological polar surface area (TPSA) is 177 Å². The Kier molecular flexibility index (Phi) is 6.32. The van der Waals surface area contributed by atoms with Crippen LogP contribution in [-0.2, 0) is 19.9 Å². The van der Waals surface area contributed by atoms with E-state index in [0.29, 0.717) is 4.57 Å². The van der Waals surface area contributed by atoms with Gasteiger partial charge in [0.25, 0.3) is 5.91 Å². The zero-order valence-corrected chi connectivity index (χ0v) is 11.5. The van der Waals surface area contributed by atoms with Gasteiger partial charge in [-0.15, -0.1) is 0 Å². The van der Waals surface area contributed by atoms with Crippen molar-refractivity contribution in [2.24, 2.45) is 0 Å². The molecule has 0 spiro atoms. The average molecular weight is 347 g/mol. The number of rotatable bonds is 4. The van der Waals surface area contributed by atoms with Gasteiger partial charge in [-0.05, 0) is 6.07 Å². The van der Waals surface area contributed by atoms with Crippen molar-refractivity contribution in [2.45, 2.75) is 18.1 Å². The summed E-state index contributed by atoms with van der Waals surface area (Å²) in [6, 6.07) is 1.21. The van der Waals surface area contributed by atoms with E-state index in [1.807, 2.05) is 0 Å². The maximum absolute atomic E-state index is 11.7. The Hall–Kier alpha value is -0.330. The van der Waals surface area contributed by atoms with Gasteiger partial charge in [-0.1, -0.05) is 0 Å². The minimum absolute atomic E-state index is 0. The first-order valence-electron chi connectivity index (χ1n) is 5.70. The number of aromatic nitrogens is 2. The summed E-state index contributed by atoms with van der Waals surface area (Å²) in [6.07, 6.45) is -2.87.